The van der Waals surface area contributed by atoms with Gasteiger partial charge in [0.25, 0.3) is 0 Å². The second kappa shape index (κ2) is 6.80. The fourth-order valence-corrected chi connectivity index (χ4v) is 2.55. The number of amides is 2. The van der Waals surface area contributed by atoms with Crippen LogP contribution < -0.4 is 10.6 Å². The predicted octanol–water partition coefficient (Wildman–Crippen LogP) is 2.10. The van der Waals surface area contributed by atoms with Crippen molar-refractivity contribution in [2.24, 2.45) is 5.41 Å². The quantitative estimate of drug-likeness (QED) is 0.619. The van der Waals surface area contributed by atoms with Crippen molar-refractivity contribution in [3.05, 3.63) is 54.0 Å². The number of esters is 1. The molecule has 7 nitrogen and oxygen atoms in total. The van der Waals surface area contributed by atoms with Crippen LogP contribution in [0.25, 0.3) is 0 Å². The zero-order valence-corrected chi connectivity index (χ0v) is 13.7. The fourth-order valence-electron chi connectivity index (χ4n) is 2.55. The van der Waals surface area contributed by atoms with Gasteiger partial charge in [-0.2, -0.15) is 0 Å². The lowest BCUT2D eigenvalue weighted by atomic mass is 10.0. The van der Waals surface area contributed by atoms with Crippen LogP contribution in [0.4, 0.5) is 5.69 Å². The molecule has 1 fully saturated rings. The van der Waals surface area contributed by atoms with Gasteiger partial charge in [0.05, 0.1) is 31.2 Å². The fraction of sp³-hybridized carbons (Fsp3) is 0.278. The second-order valence-electron chi connectivity index (χ2n) is 5.84. The van der Waals surface area contributed by atoms with E-state index in [2.05, 4.69) is 10.6 Å². The summed E-state index contributed by atoms with van der Waals surface area (Å²) in [6.07, 6.45) is 2.44. The van der Waals surface area contributed by atoms with E-state index in [1.807, 2.05) is 0 Å². The highest BCUT2D eigenvalue weighted by Crippen LogP contribution is 2.47. The molecular formula is C18H18N2O5. The first-order valence-electron chi connectivity index (χ1n) is 7.86. The van der Waals surface area contributed by atoms with Crippen molar-refractivity contribution in [3.63, 3.8) is 0 Å². The summed E-state index contributed by atoms with van der Waals surface area (Å²) >= 11 is 0. The first-order chi connectivity index (χ1) is 12.1. The molecule has 1 aliphatic rings. The standard InChI is InChI=1S/C18H18N2O5/c1-24-15(21)13-6-2-3-7-14(13)20-17(23)18(8-9-18)16(22)19-11-12-5-4-10-25-12/h2-7,10H,8-9,11H2,1H3,(H,19,22)(H,20,23). The number of carbonyl (C=O) groups is 3. The van der Waals surface area contributed by atoms with Gasteiger partial charge in [0.1, 0.15) is 11.2 Å². The summed E-state index contributed by atoms with van der Waals surface area (Å²) in [5.41, 5.74) is -0.537. The van der Waals surface area contributed by atoms with E-state index in [-0.39, 0.29) is 18.0 Å². The van der Waals surface area contributed by atoms with Gasteiger partial charge in [-0.05, 0) is 37.1 Å². The third kappa shape index (κ3) is 3.40. The average molecular weight is 342 g/mol. The van der Waals surface area contributed by atoms with Gasteiger partial charge in [-0.15, -0.1) is 0 Å². The Morgan fingerprint density at radius 2 is 1.88 bits per heavy atom. The molecular weight excluding hydrogens is 324 g/mol. The maximum atomic E-state index is 12.6. The smallest absolute Gasteiger partial charge is 0.339 e. The molecule has 7 heteroatoms. The number of hydrogen-bond acceptors (Lipinski definition) is 5. The molecule has 1 aromatic heterocycles. The van der Waals surface area contributed by atoms with Gasteiger partial charge in [-0.25, -0.2) is 4.79 Å². The minimum absolute atomic E-state index is 0.222. The van der Waals surface area contributed by atoms with Crippen molar-refractivity contribution in [2.45, 2.75) is 19.4 Å². The van der Waals surface area contributed by atoms with Crippen LogP contribution >= 0.6 is 0 Å². The Morgan fingerprint density at radius 1 is 1.12 bits per heavy atom. The zero-order chi connectivity index (χ0) is 17.9. The normalized spacial score (nSPS) is 14.4. The van der Waals surface area contributed by atoms with E-state index in [0.29, 0.717) is 24.3 Å². The largest absolute Gasteiger partial charge is 0.467 e. The molecule has 3 rings (SSSR count). The number of para-hydroxylation sites is 1. The third-order valence-corrected chi connectivity index (χ3v) is 4.20. The second-order valence-corrected chi connectivity index (χ2v) is 5.84. The molecule has 2 amide bonds. The lowest BCUT2D eigenvalue weighted by molar-refractivity contribution is -0.134. The van der Waals surface area contributed by atoms with E-state index in [1.165, 1.54) is 13.4 Å². The molecule has 2 N–H and O–H groups in total. The monoisotopic (exact) mass is 342 g/mol. The Balaban J connectivity index is 1.68. The van der Waals surface area contributed by atoms with Crippen molar-refractivity contribution in [1.82, 2.24) is 5.32 Å². The Kier molecular flexibility index (Phi) is 4.56. The summed E-state index contributed by atoms with van der Waals surface area (Å²) in [5, 5.41) is 5.40. The van der Waals surface area contributed by atoms with Gasteiger partial charge in [0.15, 0.2) is 0 Å². The average Bonchev–Trinajstić information content (AvgIpc) is 3.29. The zero-order valence-electron chi connectivity index (χ0n) is 13.7. The number of carbonyl (C=O) groups excluding carboxylic acids is 3. The van der Waals surface area contributed by atoms with Crippen molar-refractivity contribution < 1.29 is 23.5 Å². The molecule has 0 bridgehead atoms. The van der Waals surface area contributed by atoms with Gasteiger partial charge in [-0.3, -0.25) is 9.59 Å². The molecule has 1 aromatic carbocycles. The number of methoxy groups -OCH3 is 1. The SMILES string of the molecule is COC(=O)c1ccccc1NC(=O)C1(C(=O)NCc2ccco2)CC1. The molecule has 130 valence electrons. The van der Waals surface area contributed by atoms with E-state index in [4.69, 9.17) is 9.15 Å². The lowest BCUT2D eigenvalue weighted by Crippen LogP contribution is -2.39. The van der Waals surface area contributed by atoms with Crippen LogP contribution in [-0.2, 0) is 20.9 Å². The Bertz CT molecular complexity index is 794. The summed E-state index contributed by atoms with van der Waals surface area (Å²) in [6.45, 7) is 0.222. The number of rotatable bonds is 6. The van der Waals surface area contributed by atoms with Gasteiger partial charge in [-0.1, -0.05) is 12.1 Å². The number of hydrogen-bond donors (Lipinski definition) is 2. The molecule has 0 spiro atoms. The van der Waals surface area contributed by atoms with Gasteiger partial charge < -0.3 is 19.8 Å². The van der Waals surface area contributed by atoms with Gasteiger partial charge >= 0.3 is 5.97 Å². The predicted molar refractivity (Wildman–Crippen MR) is 88.6 cm³/mol. The molecule has 0 saturated heterocycles. The van der Waals surface area contributed by atoms with Gasteiger partial charge in [0, 0.05) is 0 Å². The van der Waals surface area contributed by atoms with Crippen LogP contribution in [0.1, 0.15) is 29.0 Å². The van der Waals surface area contributed by atoms with E-state index >= 15 is 0 Å². The maximum Gasteiger partial charge on any atom is 0.339 e. The molecule has 1 saturated carbocycles. The number of nitrogens with one attached hydrogen (secondary N) is 2. The van der Waals surface area contributed by atoms with Crippen LogP contribution in [-0.4, -0.2) is 24.9 Å². The summed E-state index contributed by atoms with van der Waals surface area (Å²) in [4.78, 5) is 36.8. The van der Waals surface area contributed by atoms with E-state index in [1.54, 1.807) is 36.4 Å². The van der Waals surface area contributed by atoms with Crippen molar-refractivity contribution in [3.8, 4) is 0 Å². The number of anilines is 1. The highest BCUT2D eigenvalue weighted by atomic mass is 16.5. The van der Waals surface area contributed by atoms with Crippen LogP contribution in [0.5, 0.6) is 0 Å². The Hall–Kier alpha value is -3.09. The minimum Gasteiger partial charge on any atom is -0.467 e. The maximum absolute atomic E-state index is 12.6. The Labute approximate surface area is 144 Å². The summed E-state index contributed by atoms with van der Waals surface area (Å²) < 4.78 is 9.87. The highest BCUT2D eigenvalue weighted by molar-refractivity contribution is 6.14. The first kappa shape index (κ1) is 16.8. The van der Waals surface area contributed by atoms with Crippen LogP contribution in [0, 0.1) is 5.41 Å². The minimum atomic E-state index is -1.10. The Morgan fingerprint density at radius 3 is 2.52 bits per heavy atom. The van der Waals surface area contributed by atoms with E-state index in [0.717, 1.165) is 0 Å². The van der Waals surface area contributed by atoms with Gasteiger partial charge in [0.2, 0.25) is 11.8 Å². The number of benzene rings is 1. The van der Waals surface area contributed by atoms with Crippen molar-refractivity contribution in [2.75, 3.05) is 12.4 Å². The molecule has 0 atom stereocenters. The van der Waals surface area contributed by atoms with Crippen LogP contribution in [0.2, 0.25) is 0 Å². The van der Waals surface area contributed by atoms with Crippen LogP contribution in [0.3, 0.4) is 0 Å². The van der Waals surface area contributed by atoms with Crippen molar-refractivity contribution >= 4 is 23.5 Å². The molecule has 0 unspecified atom stereocenters. The molecule has 0 radical (unpaired) electrons. The highest BCUT2D eigenvalue weighted by Gasteiger charge is 2.56. The lowest BCUT2D eigenvalue weighted by Gasteiger charge is -2.16. The number of ether oxygens (including phenoxy) is 1. The summed E-state index contributed by atoms with van der Waals surface area (Å²) in [7, 11) is 1.27. The molecule has 1 heterocycles. The first-order valence-corrected chi connectivity index (χ1v) is 7.86. The van der Waals surface area contributed by atoms with E-state index in [9.17, 15) is 14.4 Å². The topological polar surface area (TPSA) is 97.6 Å². The summed E-state index contributed by atoms with van der Waals surface area (Å²) in [6, 6.07) is 9.99. The van der Waals surface area contributed by atoms with E-state index < -0.39 is 17.3 Å². The summed E-state index contributed by atoms with van der Waals surface area (Å²) in [5.74, 6) is -0.721. The number of furan rings is 1. The molecule has 1 aliphatic carbocycles. The molecule has 2 aromatic rings. The van der Waals surface area contributed by atoms with Crippen molar-refractivity contribution in [1.29, 1.82) is 0 Å². The third-order valence-electron chi connectivity index (χ3n) is 4.20. The molecule has 25 heavy (non-hydrogen) atoms. The molecule has 0 aliphatic heterocycles. The van der Waals surface area contributed by atoms with Crippen LogP contribution in [0.15, 0.2) is 47.1 Å².